The summed E-state index contributed by atoms with van der Waals surface area (Å²) in [6.45, 7) is 9.47. The van der Waals surface area contributed by atoms with E-state index in [2.05, 4.69) is 33.9 Å². The molecular weight excluding hydrogens is 328 g/mol. The molecule has 0 saturated carbocycles. The van der Waals surface area contributed by atoms with Gasteiger partial charge >= 0.3 is 0 Å². The van der Waals surface area contributed by atoms with Crippen LogP contribution in [0.3, 0.4) is 0 Å². The number of nitrogens with one attached hydrogen (secondary N) is 1. The highest BCUT2D eigenvalue weighted by Gasteiger charge is 2.14. The van der Waals surface area contributed by atoms with Crippen molar-refractivity contribution in [2.75, 3.05) is 31.1 Å². The van der Waals surface area contributed by atoms with Crippen molar-refractivity contribution >= 4 is 11.7 Å². The van der Waals surface area contributed by atoms with Crippen LogP contribution in [0.4, 0.5) is 5.82 Å². The Bertz CT molecular complexity index is 701. The lowest BCUT2D eigenvalue weighted by Gasteiger charge is -2.16. The van der Waals surface area contributed by atoms with Crippen molar-refractivity contribution in [1.82, 2.24) is 15.2 Å². The largest absolute Gasteiger partial charge is 0.455 e. The second-order valence-corrected chi connectivity index (χ2v) is 6.63. The lowest BCUT2D eigenvalue weighted by Crippen LogP contribution is -2.23. The summed E-state index contributed by atoms with van der Waals surface area (Å²) in [5.41, 5.74) is 0.983. The number of anilines is 1. The van der Waals surface area contributed by atoms with Crippen LogP contribution in [0, 0.1) is 0 Å². The molecule has 0 atom stereocenters. The summed E-state index contributed by atoms with van der Waals surface area (Å²) in [6, 6.07) is 7.67. The van der Waals surface area contributed by atoms with Gasteiger partial charge < -0.3 is 14.6 Å². The first-order chi connectivity index (χ1) is 12.7. The summed E-state index contributed by atoms with van der Waals surface area (Å²) in [6.07, 6.45) is 4.31. The number of aromatic nitrogens is 1. The zero-order valence-corrected chi connectivity index (χ0v) is 15.7. The van der Waals surface area contributed by atoms with Crippen LogP contribution in [-0.4, -0.2) is 42.0 Å². The Morgan fingerprint density at radius 1 is 1.19 bits per heavy atom. The third kappa shape index (κ3) is 4.64. The monoisotopic (exact) mass is 356 g/mol. The fourth-order valence-corrected chi connectivity index (χ4v) is 3.18. The molecule has 1 amide bonds. The zero-order valence-electron chi connectivity index (χ0n) is 15.7. The Balaban J connectivity index is 1.51. The molecular formula is C20H28N4O2. The van der Waals surface area contributed by atoms with Gasteiger partial charge in [0.25, 0.3) is 5.91 Å². The van der Waals surface area contributed by atoms with Crippen LogP contribution >= 0.6 is 0 Å². The van der Waals surface area contributed by atoms with Gasteiger partial charge in [-0.15, -0.1) is 0 Å². The van der Waals surface area contributed by atoms with E-state index in [9.17, 15) is 4.79 Å². The zero-order chi connectivity index (χ0) is 18.4. The molecule has 2 aromatic heterocycles. The van der Waals surface area contributed by atoms with Crippen molar-refractivity contribution in [2.24, 2.45) is 0 Å². The molecule has 0 unspecified atom stereocenters. The highest BCUT2D eigenvalue weighted by atomic mass is 16.4. The molecule has 2 aromatic rings. The van der Waals surface area contributed by atoms with Crippen molar-refractivity contribution in [1.29, 1.82) is 0 Å². The first-order valence-corrected chi connectivity index (χ1v) is 9.48. The van der Waals surface area contributed by atoms with Gasteiger partial charge in [0, 0.05) is 25.8 Å². The molecule has 6 heteroatoms. The summed E-state index contributed by atoms with van der Waals surface area (Å²) < 4.78 is 5.68. The highest BCUT2D eigenvalue weighted by Crippen LogP contribution is 2.17. The van der Waals surface area contributed by atoms with Gasteiger partial charge in [-0.05, 0) is 49.7 Å². The summed E-state index contributed by atoms with van der Waals surface area (Å²) in [7, 11) is 0. The van der Waals surface area contributed by atoms with Crippen LogP contribution in [-0.2, 0) is 13.1 Å². The van der Waals surface area contributed by atoms with Crippen molar-refractivity contribution in [3.8, 4) is 0 Å². The lowest BCUT2D eigenvalue weighted by atomic mass is 10.2. The quantitative estimate of drug-likeness (QED) is 0.788. The van der Waals surface area contributed by atoms with Gasteiger partial charge in [0.05, 0.1) is 6.54 Å². The summed E-state index contributed by atoms with van der Waals surface area (Å²) >= 11 is 0. The number of furan rings is 1. The summed E-state index contributed by atoms with van der Waals surface area (Å²) in [5.74, 6) is 1.99. The summed E-state index contributed by atoms with van der Waals surface area (Å²) in [4.78, 5) is 21.3. The molecule has 140 valence electrons. The normalized spacial score (nSPS) is 14.2. The van der Waals surface area contributed by atoms with Gasteiger partial charge in [-0.1, -0.05) is 19.9 Å². The van der Waals surface area contributed by atoms with E-state index in [1.165, 1.54) is 12.8 Å². The number of amides is 1. The molecule has 0 bridgehead atoms. The molecule has 6 nitrogen and oxygen atoms in total. The summed E-state index contributed by atoms with van der Waals surface area (Å²) in [5, 5.41) is 2.90. The van der Waals surface area contributed by atoms with Crippen LogP contribution < -0.4 is 10.2 Å². The number of pyridine rings is 1. The molecule has 0 spiro atoms. The van der Waals surface area contributed by atoms with Gasteiger partial charge in [0.15, 0.2) is 5.76 Å². The molecule has 1 aliphatic rings. The van der Waals surface area contributed by atoms with Gasteiger partial charge in [0.2, 0.25) is 0 Å². The first kappa shape index (κ1) is 18.5. The average Bonchev–Trinajstić information content (AvgIpc) is 3.36. The molecule has 0 aliphatic carbocycles. The van der Waals surface area contributed by atoms with Gasteiger partial charge in [-0.2, -0.15) is 0 Å². The predicted octanol–water partition coefficient (Wildman–Crippen LogP) is 3.05. The van der Waals surface area contributed by atoms with Crippen molar-refractivity contribution < 1.29 is 9.21 Å². The maximum absolute atomic E-state index is 12.3. The van der Waals surface area contributed by atoms with Gasteiger partial charge in [-0.25, -0.2) is 4.98 Å². The van der Waals surface area contributed by atoms with E-state index in [-0.39, 0.29) is 5.91 Å². The Kier molecular flexibility index (Phi) is 6.28. The SMILES string of the molecule is CCN(CC)Cc1ccc(C(=O)NCc2ccc(N3CCCC3)nc2)o1. The number of hydrogen-bond donors (Lipinski definition) is 1. The number of nitrogens with zero attached hydrogens (tertiary/aromatic N) is 3. The Morgan fingerprint density at radius 2 is 1.96 bits per heavy atom. The molecule has 0 radical (unpaired) electrons. The fraction of sp³-hybridized carbons (Fsp3) is 0.500. The third-order valence-corrected chi connectivity index (χ3v) is 4.85. The van der Waals surface area contributed by atoms with Crippen molar-refractivity contribution in [3.05, 3.63) is 47.5 Å². The Labute approximate surface area is 155 Å². The van der Waals surface area contributed by atoms with Gasteiger partial charge in [-0.3, -0.25) is 9.69 Å². The van der Waals surface area contributed by atoms with E-state index in [1.54, 1.807) is 6.07 Å². The maximum atomic E-state index is 12.3. The Morgan fingerprint density at radius 3 is 2.62 bits per heavy atom. The third-order valence-electron chi connectivity index (χ3n) is 4.85. The number of hydrogen-bond acceptors (Lipinski definition) is 5. The Hall–Kier alpha value is -2.34. The molecule has 1 N–H and O–H groups in total. The smallest absolute Gasteiger partial charge is 0.287 e. The standard InChI is InChI=1S/C20H28N4O2/c1-3-23(4-2)15-17-8-9-18(26-17)20(25)22-14-16-7-10-19(21-13-16)24-11-5-6-12-24/h7-10,13H,3-6,11-12,14-15H2,1-2H3,(H,22,25). The average molecular weight is 356 g/mol. The van der Waals surface area contributed by atoms with Crippen molar-refractivity contribution in [2.45, 2.75) is 39.8 Å². The van der Waals surface area contributed by atoms with Crippen LogP contribution in [0.15, 0.2) is 34.9 Å². The topological polar surface area (TPSA) is 61.6 Å². The molecule has 3 rings (SSSR count). The fourth-order valence-electron chi connectivity index (χ4n) is 3.18. The second-order valence-electron chi connectivity index (χ2n) is 6.63. The van der Waals surface area contributed by atoms with E-state index >= 15 is 0 Å². The van der Waals surface area contributed by atoms with E-state index in [4.69, 9.17) is 4.42 Å². The number of carbonyl (C=O) groups excluding carboxylic acids is 1. The highest BCUT2D eigenvalue weighted by molar-refractivity contribution is 5.91. The van der Waals surface area contributed by atoms with E-state index in [0.29, 0.717) is 12.3 Å². The lowest BCUT2D eigenvalue weighted by molar-refractivity contribution is 0.0919. The molecule has 0 aromatic carbocycles. The van der Waals surface area contributed by atoms with E-state index in [1.807, 2.05) is 24.4 Å². The minimum absolute atomic E-state index is 0.195. The second kappa shape index (κ2) is 8.85. The number of carbonyl (C=O) groups is 1. The molecule has 1 aliphatic heterocycles. The molecule has 26 heavy (non-hydrogen) atoms. The predicted molar refractivity (Wildman–Crippen MR) is 102 cm³/mol. The van der Waals surface area contributed by atoms with Crippen molar-refractivity contribution in [3.63, 3.8) is 0 Å². The molecule has 1 saturated heterocycles. The van der Waals surface area contributed by atoms with Crippen LogP contribution in [0.5, 0.6) is 0 Å². The van der Waals surface area contributed by atoms with Crippen LogP contribution in [0.2, 0.25) is 0 Å². The molecule has 3 heterocycles. The minimum Gasteiger partial charge on any atom is -0.455 e. The van der Waals surface area contributed by atoms with Crippen LogP contribution in [0.1, 0.15) is 48.6 Å². The minimum atomic E-state index is -0.195. The maximum Gasteiger partial charge on any atom is 0.287 e. The first-order valence-electron chi connectivity index (χ1n) is 9.48. The van der Waals surface area contributed by atoms with E-state index in [0.717, 1.165) is 49.9 Å². The van der Waals surface area contributed by atoms with Crippen LogP contribution in [0.25, 0.3) is 0 Å². The number of rotatable bonds is 8. The molecule has 1 fully saturated rings. The van der Waals surface area contributed by atoms with Gasteiger partial charge in [0.1, 0.15) is 11.6 Å². The van der Waals surface area contributed by atoms with E-state index < -0.39 is 0 Å².